The van der Waals surface area contributed by atoms with Crippen molar-refractivity contribution in [3.8, 4) is 0 Å². The van der Waals surface area contributed by atoms with Crippen LogP contribution in [0.25, 0.3) is 0 Å². The Morgan fingerprint density at radius 2 is 2.00 bits per heavy atom. The van der Waals surface area contributed by atoms with Gasteiger partial charge in [-0.25, -0.2) is 4.79 Å². The van der Waals surface area contributed by atoms with Crippen molar-refractivity contribution < 1.29 is 27.9 Å². The first-order valence-electron chi connectivity index (χ1n) is 6.46. The van der Waals surface area contributed by atoms with Crippen molar-refractivity contribution in [2.24, 2.45) is 5.92 Å². The van der Waals surface area contributed by atoms with E-state index in [4.69, 9.17) is 5.11 Å². The van der Waals surface area contributed by atoms with Crippen LogP contribution < -0.4 is 0 Å². The van der Waals surface area contributed by atoms with E-state index in [2.05, 4.69) is 0 Å². The molecule has 8 heteroatoms. The molecule has 1 aliphatic rings. The molecule has 1 aliphatic heterocycles. The first kappa shape index (κ1) is 16.6. The number of carboxylic acids is 1. The highest BCUT2D eigenvalue weighted by atomic mass is 19.4. The lowest BCUT2D eigenvalue weighted by atomic mass is 10.0. The molecule has 0 bridgehead atoms. The maximum Gasteiger partial charge on any atom is 0.406 e. The fourth-order valence-electron chi connectivity index (χ4n) is 2.48. The number of carbonyl (C=O) groups excluding carboxylic acids is 1. The molecule has 1 heterocycles. The molecule has 1 unspecified atom stereocenters. The van der Waals surface area contributed by atoms with Crippen molar-refractivity contribution in [1.82, 2.24) is 9.80 Å². The van der Waals surface area contributed by atoms with E-state index in [1.54, 1.807) is 0 Å². The normalized spacial score (nSPS) is 19.5. The fraction of sp³-hybridized carbons (Fsp3) is 0.833. The largest absolute Gasteiger partial charge is 0.480 e. The van der Waals surface area contributed by atoms with Gasteiger partial charge in [0.1, 0.15) is 13.1 Å². The van der Waals surface area contributed by atoms with Crippen molar-refractivity contribution in [2.75, 3.05) is 19.6 Å². The van der Waals surface area contributed by atoms with E-state index in [-0.39, 0.29) is 12.0 Å². The molecule has 0 radical (unpaired) electrons. The zero-order chi connectivity index (χ0) is 15.5. The van der Waals surface area contributed by atoms with Crippen molar-refractivity contribution in [3.63, 3.8) is 0 Å². The Hall–Kier alpha value is -1.47. The summed E-state index contributed by atoms with van der Waals surface area (Å²) in [6.07, 6.45) is -3.16. The topological polar surface area (TPSA) is 60.9 Å². The predicted octanol–water partition coefficient (Wildman–Crippen LogP) is 2.18. The summed E-state index contributed by atoms with van der Waals surface area (Å²) in [5.74, 6) is -1.33. The molecular formula is C12H19F3N2O3. The summed E-state index contributed by atoms with van der Waals surface area (Å²) >= 11 is 0. The number of rotatable bonds is 4. The van der Waals surface area contributed by atoms with Gasteiger partial charge in [0.2, 0.25) is 0 Å². The minimum absolute atomic E-state index is 0.124. The van der Waals surface area contributed by atoms with Crippen LogP contribution >= 0.6 is 0 Å². The Bertz CT molecular complexity index is 371. The third kappa shape index (κ3) is 4.57. The SMILES string of the molecule is CC(C)C1CCCN1C(=O)N(CC(=O)O)CC(F)(F)F. The van der Waals surface area contributed by atoms with Crippen molar-refractivity contribution in [2.45, 2.75) is 38.9 Å². The van der Waals surface area contributed by atoms with Crippen LogP contribution in [-0.2, 0) is 4.79 Å². The molecule has 0 aromatic rings. The second-order valence-corrected chi connectivity index (χ2v) is 5.29. The minimum Gasteiger partial charge on any atom is -0.480 e. The lowest BCUT2D eigenvalue weighted by molar-refractivity contribution is -0.149. The molecule has 1 saturated heterocycles. The average molecular weight is 296 g/mol. The Kier molecular flexibility index (Phi) is 5.24. The van der Waals surface area contributed by atoms with Crippen molar-refractivity contribution >= 4 is 12.0 Å². The summed E-state index contributed by atoms with van der Waals surface area (Å²) in [5.41, 5.74) is 0. The van der Waals surface area contributed by atoms with Crippen LogP contribution in [0.1, 0.15) is 26.7 Å². The third-order valence-electron chi connectivity index (χ3n) is 3.28. The number of hydrogen-bond acceptors (Lipinski definition) is 2. The molecule has 1 atom stereocenters. The number of urea groups is 1. The molecule has 1 fully saturated rings. The number of hydrogen-bond donors (Lipinski definition) is 1. The molecule has 5 nitrogen and oxygen atoms in total. The van der Waals surface area contributed by atoms with Crippen molar-refractivity contribution in [3.05, 3.63) is 0 Å². The second-order valence-electron chi connectivity index (χ2n) is 5.29. The van der Waals surface area contributed by atoms with Gasteiger partial charge in [-0.05, 0) is 18.8 Å². The number of likely N-dealkylation sites (tertiary alicyclic amines) is 1. The van der Waals surface area contributed by atoms with Crippen LogP contribution in [0.3, 0.4) is 0 Å². The lowest BCUT2D eigenvalue weighted by Gasteiger charge is -2.33. The van der Waals surface area contributed by atoms with Gasteiger partial charge in [0, 0.05) is 12.6 Å². The van der Waals surface area contributed by atoms with Gasteiger partial charge in [-0.15, -0.1) is 0 Å². The molecule has 1 N–H and O–H groups in total. The van der Waals surface area contributed by atoms with E-state index in [0.717, 1.165) is 12.8 Å². The van der Waals surface area contributed by atoms with Gasteiger partial charge < -0.3 is 14.9 Å². The Morgan fingerprint density at radius 1 is 1.40 bits per heavy atom. The van der Waals surface area contributed by atoms with Gasteiger partial charge in [-0.3, -0.25) is 4.79 Å². The number of halogens is 3. The number of alkyl halides is 3. The van der Waals surface area contributed by atoms with Gasteiger partial charge in [0.05, 0.1) is 0 Å². The quantitative estimate of drug-likeness (QED) is 0.865. The number of aliphatic carboxylic acids is 1. The van der Waals surface area contributed by atoms with E-state index in [0.29, 0.717) is 11.4 Å². The first-order valence-corrected chi connectivity index (χ1v) is 6.46. The molecule has 0 aromatic carbocycles. The highest BCUT2D eigenvalue weighted by Gasteiger charge is 2.39. The second kappa shape index (κ2) is 6.32. The Balaban J connectivity index is 2.84. The molecule has 1 rings (SSSR count). The molecule has 0 aliphatic carbocycles. The van der Waals surface area contributed by atoms with E-state index < -0.39 is 31.3 Å². The summed E-state index contributed by atoms with van der Waals surface area (Å²) < 4.78 is 37.4. The van der Waals surface area contributed by atoms with Crippen LogP contribution in [0.15, 0.2) is 0 Å². The maximum absolute atomic E-state index is 12.5. The first-order chi connectivity index (χ1) is 9.11. The van der Waals surface area contributed by atoms with E-state index in [1.807, 2.05) is 13.8 Å². The van der Waals surface area contributed by atoms with E-state index in [1.165, 1.54) is 4.90 Å². The molecule has 0 aromatic heterocycles. The molecule has 116 valence electrons. The lowest BCUT2D eigenvalue weighted by Crippen LogP contribution is -2.51. The number of amides is 2. The summed E-state index contributed by atoms with van der Waals surface area (Å²) in [5, 5.41) is 8.67. The standard InChI is InChI=1S/C12H19F3N2O3/c1-8(2)9-4-3-5-17(9)11(20)16(6-10(18)19)7-12(13,14)15/h8-9H,3-7H2,1-2H3,(H,18,19). The van der Waals surface area contributed by atoms with E-state index in [9.17, 15) is 22.8 Å². The number of carboxylic acid groups (broad SMARTS) is 1. The predicted molar refractivity (Wildman–Crippen MR) is 65.2 cm³/mol. The van der Waals surface area contributed by atoms with Crippen LogP contribution in [0, 0.1) is 5.92 Å². The smallest absolute Gasteiger partial charge is 0.406 e. The maximum atomic E-state index is 12.5. The average Bonchev–Trinajstić information content (AvgIpc) is 2.73. The third-order valence-corrected chi connectivity index (χ3v) is 3.28. The molecular weight excluding hydrogens is 277 g/mol. The molecule has 20 heavy (non-hydrogen) atoms. The number of carbonyl (C=O) groups is 2. The summed E-state index contributed by atoms with van der Waals surface area (Å²) in [6, 6.07) is -0.979. The van der Waals surface area contributed by atoms with Gasteiger partial charge in [0.25, 0.3) is 0 Å². The van der Waals surface area contributed by atoms with Crippen molar-refractivity contribution in [1.29, 1.82) is 0 Å². The van der Waals surface area contributed by atoms with Gasteiger partial charge in [-0.2, -0.15) is 13.2 Å². The Labute approximate surface area is 115 Å². The minimum atomic E-state index is -4.61. The monoisotopic (exact) mass is 296 g/mol. The van der Waals surface area contributed by atoms with Crippen LogP contribution in [0.5, 0.6) is 0 Å². The summed E-state index contributed by atoms with van der Waals surface area (Å²) in [4.78, 5) is 24.5. The van der Waals surface area contributed by atoms with E-state index >= 15 is 0 Å². The zero-order valence-corrected chi connectivity index (χ0v) is 11.5. The highest BCUT2D eigenvalue weighted by molar-refractivity contribution is 5.80. The highest BCUT2D eigenvalue weighted by Crippen LogP contribution is 2.26. The fourth-order valence-corrected chi connectivity index (χ4v) is 2.48. The molecule has 0 spiro atoms. The van der Waals surface area contributed by atoms with Crippen LogP contribution in [0.4, 0.5) is 18.0 Å². The molecule has 2 amide bonds. The summed E-state index contributed by atoms with van der Waals surface area (Å²) in [6.45, 7) is 1.66. The van der Waals surface area contributed by atoms with Crippen LogP contribution in [-0.4, -0.2) is 58.8 Å². The zero-order valence-electron chi connectivity index (χ0n) is 11.5. The number of nitrogens with zero attached hydrogens (tertiary/aromatic N) is 2. The summed E-state index contributed by atoms with van der Waals surface area (Å²) in [7, 11) is 0. The molecule has 0 saturated carbocycles. The van der Waals surface area contributed by atoms with Gasteiger partial charge in [0.15, 0.2) is 0 Å². The van der Waals surface area contributed by atoms with Crippen LogP contribution in [0.2, 0.25) is 0 Å². The van der Waals surface area contributed by atoms with Gasteiger partial charge in [-0.1, -0.05) is 13.8 Å². The van der Waals surface area contributed by atoms with Gasteiger partial charge >= 0.3 is 18.2 Å². The Morgan fingerprint density at radius 3 is 2.45 bits per heavy atom.